The Labute approximate surface area is 134 Å². The van der Waals surface area contributed by atoms with Gasteiger partial charge in [-0.1, -0.05) is 18.2 Å². The topological polar surface area (TPSA) is 41.6 Å². The van der Waals surface area contributed by atoms with Gasteiger partial charge in [-0.3, -0.25) is 4.79 Å². The molecule has 0 saturated heterocycles. The first kappa shape index (κ1) is 20.5. The smallest absolute Gasteiger partial charge is 0.406 e. The predicted octanol–water partition coefficient (Wildman–Crippen LogP) is 2.62. The summed E-state index contributed by atoms with van der Waals surface area (Å²) in [4.78, 5) is 13.4. The van der Waals surface area contributed by atoms with Crippen LogP contribution in [0.4, 0.5) is 13.2 Å². The summed E-state index contributed by atoms with van der Waals surface area (Å²) in [5.74, 6) is -0.372. The first-order valence-corrected chi connectivity index (χ1v) is 6.55. The molecule has 1 aromatic carbocycles. The van der Waals surface area contributed by atoms with Gasteiger partial charge < -0.3 is 15.0 Å². The number of carbonyl (C=O) groups is 1. The average Bonchev–Trinajstić information content (AvgIpc) is 2.41. The minimum atomic E-state index is -4.73. The van der Waals surface area contributed by atoms with E-state index >= 15 is 0 Å². The maximum absolute atomic E-state index is 12.3. The number of aryl methyl sites for hydroxylation is 1. The third kappa shape index (κ3) is 7.51. The Morgan fingerprint density at radius 3 is 2.55 bits per heavy atom. The van der Waals surface area contributed by atoms with E-state index in [1.54, 1.807) is 25.1 Å². The van der Waals surface area contributed by atoms with Crippen molar-refractivity contribution in [1.29, 1.82) is 0 Å². The summed E-state index contributed by atoms with van der Waals surface area (Å²) >= 11 is 0. The molecule has 0 unspecified atom stereocenters. The number of amides is 1. The molecule has 0 spiro atoms. The van der Waals surface area contributed by atoms with Gasteiger partial charge in [0.25, 0.3) is 0 Å². The standard InChI is InChI=1S/C14H19F3N2O2.ClH/c1-18-9-10-19(2)13(20)8-7-11-5-3-4-6-12(11)21-14(15,16)17;/h3-6,18H,7-10H2,1-2H3;1H. The number of carbonyl (C=O) groups excluding carboxylic acids is 1. The molecule has 0 aromatic heterocycles. The number of nitrogens with one attached hydrogen (secondary N) is 1. The second kappa shape index (κ2) is 9.53. The van der Waals surface area contributed by atoms with Gasteiger partial charge in [-0.15, -0.1) is 25.6 Å². The minimum absolute atomic E-state index is 0. The average molecular weight is 341 g/mol. The molecule has 1 amide bonds. The monoisotopic (exact) mass is 340 g/mol. The number of hydrogen-bond donors (Lipinski definition) is 1. The number of rotatable bonds is 7. The van der Waals surface area contributed by atoms with Crippen LogP contribution in [-0.2, 0) is 11.2 Å². The van der Waals surface area contributed by atoms with Crippen molar-refractivity contribution in [3.8, 4) is 5.75 Å². The fraction of sp³-hybridized carbons (Fsp3) is 0.500. The summed E-state index contributed by atoms with van der Waals surface area (Å²) in [6.45, 7) is 1.21. The number of halogens is 4. The van der Waals surface area contributed by atoms with Crippen molar-refractivity contribution >= 4 is 18.3 Å². The van der Waals surface area contributed by atoms with Crippen LogP contribution in [-0.4, -0.2) is 44.4 Å². The molecule has 0 radical (unpaired) electrons. The minimum Gasteiger partial charge on any atom is -0.406 e. The highest BCUT2D eigenvalue weighted by Gasteiger charge is 2.31. The Hall–Kier alpha value is -1.47. The van der Waals surface area contributed by atoms with E-state index in [0.717, 1.165) is 0 Å². The highest BCUT2D eigenvalue weighted by atomic mass is 35.5. The molecule has 4 nitrogen and oxygen atoms in total. The summed E-state index contributed by atoms with van der Waals surface area (Å²) in [5.41, 5.74) is 0.366. The van der Waals surface area contributed by atoms with E-state index in [4.69, 9.17) is 0 Å². The van der Waals surface area contributed by atoms with Crippen LogP contribution >= 0.6 is 12.4 Å². The molecule has 1 N–H and O–H groups in total. The molecule has 0 fully saturated rings. The Bertz CT molecular complexity index is 470. The lowest BCUT2D eigenvalue weighted by molar-refractivity contribution is -0.274. The lowest BCUT2D eigenvalue weighted by Gasteiger charge is -2.17. The molecule has 0 bridgehead atoms. The van der Waals surface area contributed by atoms with Gasteiger partial charge in [0, 0.05) is 26.6 Å². The molecule has 1 aromatic rings. The third-order valence-corrected chi connectivity index (χ3v) is 2.93. The van der Waals surface area contributed by atoms with Crippen molar-refractivity contribution in [3.05, 3.63) is 29.8 Å². The van der Waals surface area contributed by atoms with Gasteiger partial charge >= 0.3 is 6.36 Å². The van der Waals surface area contributed by atoms with Crippen molar-refractivity contribution in [2.75, 3.05) is 27.2 Å². The van der Waals surface area contributed by atoms with Gasteiger partial charge in [-0.2, -0.15) is 0 Å². The summed E-state index contributed by atoms with van der Waals surface area (Å²) in [6, 6.07) is 5.86. The normalized spacial score (nSPS) is 10.8. The molecule has 0 atom stereocenters. The summed E-state index contributed by atoms with van der Waals surface area (Å²) in [7, 11) is 3.45. The van der Waals surface area contributed by atoms with E-state index in [1.807, 2.05) is 0 Å². The Balaban J connectivity index is 0.00000441. The van der Waals surface area contributed by atoms with Crippen molar-refractivity contribution < 1.29 is 22.7 Å². The van der Waals surface area contributed by atoms with Crippen LogP contribution in [0.2, 0.25) is 0 Å². The van der Waals surface area contributed by atoms with Gasteiger partial charge in [-0.05, 0) is 25.1 Å². The van der Waals surface area contributed by atoms with Crippen LogP contribution in [0.3, 0.4) is 0 Å². The van der Waals surface area contributed by atoms with Crippen LogP contribution in [0.15, 0.2) is 24.3 Å². The molecule has 0 saturated carbocycles. The van der Waals surface area contributed by atoms with Gasteiger partial charge in [-0.25, -0.2) is 0 Å². The molecule has 1 rings (SSSR count). The third-order valence-electron chi connectivity index (χ3n) is 2.93. The molecule has 8 heteroatoms. The number of hydrogen-bond acceptors (Lipinski definition) is 3. The van der Waals surface area contributed by atoms with Gasteiger partial charge in [0.2, 0.25) is 5.91 Å². The fourth-order valence-electron chi connectivity index (χ4n) is 1.77. The second-order valence-corrected chi connectivity index (χ2v) is 4.57. The zero-order chi connectivity index (χ0) is 15.9. The molecular weight excluding hydrogens is 321 g/mol. The van der Waals surface area contributed by atoms with E-state index in [1.165, 1.54) is 18.2 Å². The van der Waals surface area contributed by atoms with Gasteiger partial charge in [0.15, 0.2) is 0 Å². The number of ether oxygens (including phenoxy) is 1. The second-order valence-electron chi connectivity index (χ2n) is 4.57. The van der Waals surface area contributed by atoms with Crippen molar-refractivity contribution in [1.82, 2.24) is 10.2 Å². The number of nitrogens with zero attached hydrogens (tertiary/aromatic N) is 1. The maximum atomic E-state index is 12.3. The van der Waals surface area contributed by atoms with Crippen LogP contribution in [0.1, 0.15) is 12.0 Å². The first-order chi connectivity index (χ1) is 9.83. The van der Waals surface area contributed by atoms with Gasteiger partial charge in [0.1, 0.15) is 5.75 Å². The summed E-state index contributed by atoms with van der Waals surface area (Å²) in [6.07, 6.45) is -4.39. The number of alkyl halides is 3. The van der Waals surface area contributed by atoms with Crippen molar-refractivity contribution in [2.45, 2.75) is 19.2 Å². The van der Waals surface area contributed by atoms with Crippen LogP contribution in [0, 0.1) is 0 Å². The predicted molar refractivity (Wildman–Crippen MR) is 80.3 cm³/mol. The van der Waals surface area contributed by atoms with Crippen LogP contribution in [0.25, 0.3) is 0 Å². The number of benzene rings is 1. The molecular formula is C14H20ClF3N2O2. The first-order valence-electron chi connectivity index (χ1n) is 6.55. The Morgan fingerprint density at radius 1 is 1.32 bits per heavy atom. The molecule has 0 aliphatic rings. The molecule has 22 heavy (non-hydrogen) atoms. The number of para-hydroxylation sites is 1. The van der Waals surface area contributed by atoms with E-state index < -0.39 is 6.36 Å². The zero-order valence-corrected chi connectivity index (χ0v) is 13.3. The molecule has 126 valence electrons. The maximum Gasteiger partial charge on any atom is 0.573 e. The molecule has 0 aliphatic carbocycles. The van der Waals surface area contributed by atoms with E-state index in [-0.39, 0.29) is 36.9 Å². The van der Waals surface area contributed by atoms with E-state index in [0.29, 0.717) is 18.7 Å². The molecule has 0 aliphatic heterocycles. The lowest BCUT2D eigenvalue weighted by atomic mass is 10.1. The van der Waals surface area contributed by atoms with E-state index in [2.05, 4.69) is 10.1 Å². The number of likely N-dealkylation sites (N-methyl/N-ethyl adjacent to an activating group) is 2. The summed E-state index contributed by atoms with van der Waals surface area (Å²) in [5, 5.41) is 2.92. The van der Waals surface area contributed by atoms with Crippen LogP contribution < -0.4 is 10.1 Å². The van der Waals surface area contributed by atoms with Crippen LogP contribution in [0.5, 0.6) is 5.75 Å². The fourth-order valence-corrected chi connectivity index (χ4v) is 1.77. The summed E-state index contributed by atoms with van der Waals surface area (Å²) < 4.78 is 40.8. The SMILES string of the molecule is CNCCN(C)C(=O)CCc1ccccc1OC(F)(F)F.Cl. The largest absolute Gasteiger partial charge is 0.573 e. The highest BCUT2D eigenvalue weighted by molar-refractivity contribution is 5.85. The van der Waals surface area contributed by atoms with Crippen molar-refractivity contribution in [3.63, 3.8) is 0 Å². The Kier molecular flexibility index (Phi) is 8.89. The highest BCUT2D eigenvalue weighted by Crippen LogP contribution is 2.27. The van der Waals surface area contributed by atoms with Gasteiger partial charge in [0.05, 0.1) is 0 Å². The zero-order valence-electron chi connectivity index (χ0n) is 12.4. The van der Waals surface area contributed by atoms with E-state index in [9.17, 15) is 18.0 Å². The quantitative estimate of drug-likeness (QED) is 0.829. The Morgan fingerprint density at radius 2 is 1.95 bits per heavy atom. The van der Waals surface area contributed by atoms with Crippen molar-refractivity contribution in [2.24, 2.45) is 0 Å². The molecule has 0 heterocycles. The lowest BCUT2D eigenvalue weighted by Crippen LogP contribution is -2.32.